The summed E-state index contributed by atoms with van der Waals surface area (Å²) in [6, 6.07) is 8.29. The van der Waals surface area contributed by atoms with Crippen LogP contribution in [0.5, 0.6) is 0 Å². The van der Waals surface area contributed by atoms with Gasteiger partial charge in [0.25, 0.3) is 0 Å². The number of hydrogen-bond acceptors (Lipinski definition) is 5. The minimum Gasteiger partial charge on any atom is -0.473 e. The minimum atomic E-state index is -1.82. The molecule has 1 heterocycles. The minimum absolute atomic E-state index is 0.144. The highest BCUT2D eigenvalue weighted by atomic mass is 16.5. The van der Waals surface area contributed by atoms with E-state index < -0.39 is 11.9 Å². The fourth-order valence-electron chi connectivity index (χ4n) is 3.57. The van der Waals surface area contributed by atoms with Crippen molar-refractivity contribution in [3.05, 3.63) is 29.8 Å². The Morgan fingerprint density at radius 3 is 2.41 bits per heavy atom. The fraction of sp³-hybridized carbons (Fsp3) is 0.571. The van der Waals surface area contributed by atoms with E-state index in [2.05, 4.69) is 44.3 Å². The summed E-state index contributed by atoms with van der Waals surface area (Å²) in [7, 11) is 0. The number of anilines is 1. The summed E-state index contributed by atoms with van der Waals surface area (Å²) in [5.41, 5.74) is 2.19. The average molecular weight is 408 g/mol. The number of ether oxygens (including phenoxy) is 1. The summed E-state index contributed by atoms with van der Waals surface area (Å²) >= 11 is 0. The summed E-state index contributed by atoms with van der Waals surface area (Å²) in [5.74, 6) is -3.03. The molecule has 2 rings (SSSR count). The number of nitrogens with zero attached hydrogens (tertiary/aromatic N) is 1. The third-order valence-corrected chi connectivity index (χ3v) is 4.67. The first-order valence-electron chi connectivity index (χ1n) is 9.78. The lowest BCUT2D eigenvalue weighted by molar-refractivity contribution is -0.159. The van der Waals surface area contributed by atoms with E-state index in [1.54, 1.807) is 0 Å². The average Bonchev–Trinajstić information content (AvgIpc) is 2.64. The summed E-state index contributed by atoms with van der Waals surface area (Å²) in [5, 5.41) is 18.0. The molecular formula is C21H32N2O6. The van der Waals surface area contributed by atoms with E-state index in [0.29, 0.717) is 12.5 Å². The van der Waals surface area contributed by atoms with Gasteiger partial charge >= 0.3 is 11.9 Å². The van der Waals surface area contributed by atoms with Crippen LogP contribution in [0.3, 0.4) is 0 Å². The fourth-order valence-corrected chi connectivity index (χ4v) is 3.57. The number of aliphatic carboxylic acids is 2. The molecular weight excluding hydrogens is 376 g/mol. The Morgan fingerprint density at radius 2 is 1.83 bits per heavy atom. The van der Waals surface area contributed by atoms with Gasteiger partial charge in [0.15, 0.2) is 0 Å². The predicted octanol–water partition coefficient (Wildman–Crippen LogP) is 2.48. The van der Waals surface area contributed by atoms with Crippen molar-refractivity contribution in [2.24, 2.45) is 0 Å². The Bertz CT molecular complexity index is 692. The lowest BCUT2D eigenvalue weighted by atomic mass is 9.80. The SMILES string of the molecule is CCOCCCNCC(=O)N1c2ccccc2C(C)CC1(C)C.O=C(O)C(=O)O. The van der Waals surface area contributed by atoms with Crippen LogP contribution < -0.4 is 10.2 Å². The van der Waals surface area contributed by atoms with Crippen LogP contribution in [0, 0.1) is 0 Å². The Morgan fingerprint density at radius 1 is 1.21 bits per heavy atom. The van der Waals surface area contributed by atoms with Gasteiger partial charge in [-0.25, -0.2) is 9.59 Å². The highest BCUT2D eigenvalue weighted by Gasteiger charge is 2.39. The molecule has 8 heteroatoms. The van der Waals surface area contributed by atoms with Gasteiger partial charge in [-0.15, -0.1) is 0 Å². The summed E-state index contributed by atoms with van der Waals surface area (Å²) in [4.78, 5) is 33.0. The number of hydrogen-bond donors (Lipinski definition) is 3. The standard InChI is InChI=1S/C19H30N2O2.C2H2O4/c1-5-23-12-8-11-20-14-18(22)21-17-10-7-6-9-16(17)15(2)13-19(21,3)4;3-1(4)2(5)6/h6-7,9-10,15,20H,5,8,11-14H2,1-4H3;(H,3,4)(H,5,6). The number of carbonyl (C=O) groups is 3. The van der Waals surface area contributed by atoms with Crippen LogP contribution in [0.2, 0.25) is 0 Å². The van der Waals surface area contributed by atoms with Crippen molar-refractivity contribution < 1.29 is 29.3 Å². The molecule has 0 saturated heterocycles. The van der Waals surface area contributed by atoms with E-state index in [1.807, 2.05) is 17.9 Å². The molecule has 3 N–H and O–H groups in total. The first kappa shape index (κ1) is 24.6. The van der Waals surface area contributed by atoms with Gasteiger partial charge in [0.05, 0.1) is 6.54 Å². The van der Waals surface area contributed by atoms with E-state index in [9.17, 15) is 4.79 Å². The number of carboxylic acid groups (broad SMARTS) is 2. The second-order valence-corrected chi connectivity index (χ2v) is 7.54. The van der Waals surface area contributed by atoms with E-state index in [1.165, 1.54) is 5.56 Å². The molecule has 0 aliphatic carbocycles. The highest BCUT2D eigenvalue weighted by Crippen LogP contribution is 2.42. The molecule has 1 unspecified atom stereocenters. The maximum absolute atomic E-state index is 12.8. The molecule has 1 atom stereocenters. The van der Waals surface area contributed by atoms with Gasteiger partial charge in [0, 0.05) is 24.4 Å². The third-order valence-electron chi connectivity index (χ3n) is 4.67. The van der Waals surface area contributed by atoms with Crippen LogP contribution in [0.1, 0.15) is 52.0 Å². The number of carbonyl (C=O) groups excluding carboxylic acids is 1. The monoisotopic (exact) mass is 408 g/mol. The zero-order chi connectivity index (χ0) is 22.0. The Balaban J connectivity index is 0.000000612. The largest absolute Gasteiger partial charge is 0.473 e. The van der Waals surface area contributed by atoms with E-state index in [0.717, 1.165) is 38.3 Å². The van der Waals surface area contributed by atoms with Crippen LogP contribution >= 0.6 is 0 Å². The summed E-state index contributed by atoms with van der Waals surface area (Å²) < 4.78 is 5.31. The van der Waals surface area contributed by atoms with Gasteiger partial charge in [-0.3, -0.25) is 4.79 Å². The predicted molar refractivity (Wildman–Crippen MR) is 110 cm³/mol. The molecule has 0 spiro atoms. The molecule has 29 heavy (non-hydrogen) atoms. The van der Waals surface area contributed by atoms with Gasteiger partial charge in [-0.1, -0.05) is 25.1 Å². The van der Waals surface area contributed by atoms with Gasteiger partial charge in [0.1, 0.15) is 0 Å². The van der Waals surface area contributed by atoms with E-state index in [-0.39, 0.29) is 11.4 Å². The molecule has 1 aromatic carbocycles. The molecule has 8 nitrogen and oxygen atoms in total. The van der Waals surface area contributed by atoms with Gasteiger partial charge in [-0.2, -0.15) is 0 Å². The van der Waals surface area contributed by atoms with Gasteiger partial charge in [0.2, 0.25) is 5.91 Å². The van der Waals surface area contributed by atoms with Gasteiger partial charge in [-0.05, 0) is 57.7 Å². The maximum atomic E-state index is 12.8. The van der Waals surface area contributed by atoms with Crippen molar-refractivity contribution in [3.8, 4) is 0 Å². The summed E-state index contributed by atoms with van der Waals surface area (Å²) in [6.45, 7) is 11.2. The quantitative estimate of drug-likeness (QED) is 0.469. The number of benzene rings is 1. The molecule has 162 valence electrons. The number of carboxylic acids is 2. The normalized spacial score (nSPS) is 17.0. The summed E-state index contributed by atoms with van der Waals surface area (Å²) in [6.07, 6.45) is 1.91. The smallest absolute Gasteiger partial charge is 0.414 e. The molecule has 0 bridgehead atoms. The van der Waals surface area contributed by atoms with Crippen LogP contribution in [0.25, 0.3) is 0 Å². The molecule has 1 aromatic rings. The van der Waals surface area contributed by atoms with Crippen LogP contribution in [0.4, 0.5) is 5.69 Å². The highest BCUT2D eigenvalue weighted by molar-refractivity contribution is 6.27. The Hall–Kier alpha value is -2.45. The van der Waals surface area contributed by atoms with Crippen molar-refractivity contribution in [1.29, 1.82) is 0 Å². The topological polar surface area (TPSA) is 116 Å². The molecule has 1 amide bonds. The molecule has 0 radical (unpaired) electrons. The maximum Gasteiger partial charge on any atom is 0.414 e. The molecule has 0 fully saturated rings. The lowest BCUT2D eigenvalue weighted by Crippen LogP contribution is -2.54. The first-order chi connectivity index (χ1) is 13.6. The molecule has 1 aliphatic heterocycles. The second-order valence-electron chi connectivity index (χ2n) is 7.54. The van der Waals surface area contributed by atoms with Crippen LogP contribution in [-0.4, -0.2) is 59.9 Å². The van der Waals surface area contributed by atoms with Crippen molar-refractivity contribution >= 4 is 23.5 Å². The number of amides is 1. The van der Waals surface area contributed by atoms with Gasteiger partial charge < -0.3 is 25.2 Å². The van der Waals surface area contributed by atoms with E-state index in [4.69, 9.17) is 24.5 Å². The zero-order valence-corrected chi connectivity index (χ0v) is 17.6. The van der Waals surface area contributed by atoms with Crippen LogP contribution in [-0.2, 0) is 19.1 Å². The van der Waals surface area contributed by atoms with Crippen molar-refractivity contribution in [2.75, 3.05) is 31.2 Å². The zero-order valence-electron chi connectivity index (χ0n) is 17.6. The third kappa shape index (κ3) is 7.47. The lowest BCUT2D eigenvalue weighted by Gasteiger charge is -2.46. The number of fused-ring (bicyclic) bond motifs is 1. The molecule has 0 aromatic heterocycles. The number of para-hydroxylation sites is 1. The van der Waals surface area contributed by atoms with Crippen molar-refractivity contribution in [3.63, 3.8) is 0 Å². The Labute approximate surface area is 171 Å². The van der Waals surface area contributed by atoms with E-state index >= 15 is 0 Å². The van der Waals surface area contributed by atoms with Crippen molar-refractivity contribution in [1.82, 2.24) is 5.32 Å². The second kappa shape index (κ2) is 11.5. The van der Waals surface area contributed by atoms with Crippen molar-refractivity contribution in [2.45, 2.75) is 52.0 Å². The number of rotatable bonds is 7. The molecule has 0 saturated carbocycles. The van der Waals surface area contributed by atoms with Crippen LogP contribution in [0.15, 0.2) is 24.3 Å². The Kier molecular flexibility index (Phi) is 9.77. The first-order valence-corrected chi connectivity index (χ1v) is 9.78. The number of nitrogens with one attached hydrogen (secondary N) is 1. The molecule has 1 aliphatic rings.